The molecule has 3 rings (SSSR count). The van der Waals surface area contributed by atoms with Crippen molar-refractivity contribution < 1.29 is 19.2 Å². The van der Waals surface area contributed by atoms with Crippen molar-refractivity contribution in [3.8, 4) is 0 Å². The smallest absolute Gasteiger partial charge is 0.322 e. The molecule has 2 heterocycles. The number of hydrogen-bond donors (Lipinski definition) is 2. The molecule has 1 saturated carbocycles. The highest BCUT2D eigenvalue weighted by molar-refractivity contribution is 6.06. The zero-order valence-corrected chi connectivity index (χ0v) is 12.4. The molecule has 7 heteroatoms. The number of pyridine rings is 1. The summed E-state index contributed by atoms with van der Waals surface area (Å²) in [5.74, 6) is -1.11. The van der Waals surface area contributed by atoms with Crippen LogP contribution in [0.1, 0.15) is 60.3 Å². The van der Waals surface area contributed by atoms with Gasteiger partial charge in [-0.1, -0.05) is 19.0 Å². The Balaban J connectivity index is 2.09. The van der Waals surface area contributed by atoms with Crippen LogP contribution in [0.5, 0.6) is 0 Å². The molecule has 2 N–H and O–H groups in total. The van der Waals surface area contributed by atoms with Gasteiger partial charge in [0, 0.05) is 11.6 Å². The van der Waals surface area contributed by atoms with Gasteiger partial charge in [0.25, 0.3) is 11.6 Å². The predicted molar refractivity (Wildman–Crippen MR) is 77.8 cm³/mol. The molecule has 0 radical (unpaired) electrons. The van der Waals surface area contributed by atoms with E-state index in [1.165, 1.54) is 0 Å². The zero-order chi connectivity index (χ0) is 15.9. The van der Waals surface area contributed by atoms with Crippen LogP contribution in [0.3, 0.4) is 0 Å². The fourth-order valence-corrected chi connectivity index (χ4v) is 2.40. The number of nitrogens with zero attached hydrogens (tertiary/aromatic N) is 2. The normalized spacial score (nSPS) is 14.5. The number of amides is 1. The van der Waals surface area contributed by atoms with Gasteiger partial charge in [-0.2, -0.15) is 0 Å². The summed E-state index contributed by atoms with van der Waals surface area (Å²) in [6.45, 7) is 3.47. The number of aliphatic carboxylic acids is 1. The van der Waals surface area contributed by atoms with Gasteiger partial charge in [-0.15, -0.1) is 0 Å². The van der Waals surface area contributed by atoms with Gasteiger partial charge in [-0.05, 0) is 24.8 Å². The van der Waals surface area contributed by atoms with Crippen LogP contribution in [0.25, 0.3) is 11.1 Å². The van der Waals surface area contributed by atoms with Gasteiger partial charge < -0.3 is 14.9 Å². The van der Waals surface area contributed by atoms with Crippen molar-refractivity contribution >= 4 is 23.0 Å². The van der Waals surface area contributed by atoms with Gasteiger partial charge in [0.05, 0.1) is 16.6 Å². The summed E-state index contributed by atoms with van der Waals surface area (Å²) in [6.07, 6.45) is 2.08. The standard InChI is InChI=1S/C15H17N3O4/c1-7(2)13-12-9(14(21)16-6-11(19)20)5-10(8-3-4-8)17-15(12)22-18-13/h5,7-8H,3-4,6H2,1-2H3,(H,16,21)(H,19,20). The fraction of sp³-hybridized carbons (Fsp3) is 0.467. The number of carbonyl (C=O) groups is 2. The van der Waals surface area contributed by atoms with Crippen molar-refractivity contribution in [2.75, 3.05) is 6.54 Å². The lowest BCUT2D eigenvalue weighted by atomic mass is 10.0. The van der Waals surface area contributed by atoms with Gasteiger partial charge in [0.15, 0.2) is 0 Å². The van der Waals surface area contributed by atoms with Gasteiger partial charge >= 0.3 is 5.97 Å². The van der Waals surface area contributed by atoms with Crippen molar-refractivity contribution in [3.05, 3.63) is 23.0 Å². The van der Waals surface area contributed by atoms with Crippen molar-refractivity contribution in [2.45, 2.75) is 38.5 Å². The number of carbonyl (C=O) groups excluding carboxylic acids is 1. The number of rotatable bonds is 5. The van der Waals surface area contributed by atoms with E-state index >= 15 is 0 Å². The minimum absolute atomic E-state index is 0.0702. The summed E-state index contributed by atoms with van der Waals surface area (Å²) in [4.78, 5) is 27.5. The van der Waals surface area contributed by atoms with Crippen LogP contribution in [0.2, 0.25) is 0 Å². The molecule has 116 valence electrons. The summed E-state index contributed by atoms with van der Waals surface area (Å²) < 4.78 is 5.29. The van der Waals surface area contributed by atoms with E-state index in [-0.39, 0.29) is 5.92 Å². The van der Waals surface area contributed by atoms with E-state index in [1.807, 2.05) is 13.8 Å². The Morgan fingerprint density at radius 1 is 1.45 bits per heavy atom. The molecule has 0 saturated heterocycles. The first kappa shape index (κ1) is 14.5. The molecule has 0 bridgehead atoms. The molecule has 22 heavy (non-hydrogen) atoms. The van der Waals surface area contributed by atoms with Gasteiger partial charge in [0.1, 0.15) is 6.54 Å². The largest absolute Gasteiger partial charge is 0.480 e. The predicted octanol–water partition coefficient (Wildman–Crippen LogP) is 2.04. The summed E-state index contributed by atoms with van der Waals surface area (Å²) in [5.41, 5.74) is 2.19. The van der Waals surface area contributed by atoms with Crippen LogP contribution < -0.4 is 5.32 Å². The third-order valence-electron chi connectivity index (χ3n) is 3.68. The molecule has 1 aliphatic carbocycles. The quantitative estimate of drug-likeness (QED) is 0.875. The molecule has 0 aromatic carbocycles. The minimum Gasteiger partial charge on any atom is -0.480 e. The first-order valence-corrected chi connectivity index (χ1v) is 7.27. The third kappa shape index (κ3) is 2.66. The van der Waals surface area contributed by atoms with E-state index in [4.69, 9.17) is 9.63 Å². The molecule has 0 atom stereocenters. The molecule has 2 aromatic rings. The second-order valence-corrected chi connectivity index (χ2v) is 5.85. The second-order valence-electron chi connectivity index (χ2n) is 5.85. The second kappa shape index (κ2) is 5.40. The number of hydrogen-bond acceptors (Lipinski definition) is 5. The highest BCUT2D eigenvalue weighted by Crippen LogP contribution is 2.40. The van der Waals surface area contributed by atoms with E-state index in [1.54, 1.807) is 6.07 Å². The Bertz CT molecular complexity index is 747. The fourth-order valence-electron chi connectivity index (χ4n) is 2.40. The lowest BCUT2D eigenvalue weighted by Gasteiger charge is -2.08. The van der Waals surface area contributed by atoms with Crippen LogP contribution in [0, 0.1) is 0 Å². The average molecular weight is 303 g/mol. The average Bonchev–Trinajstić information content (AvgIpc) is 3.22. The van der Waals surface area contributed by atoms with E-state index in [0.717, 1.165) is 18.5 Å². The molecular weight excluding hydrogens is 286 g/mol. The maximum absolute atomic E-state index is 12.4. The van der Waals surface area contributed by atoms with Gasteiger partial charge in [-0.25, -0.2) is 4.98 Å². The van der Waals surface area contributed by atoms with E-state index < -0.39 is 18.4 Å². The van der Waals surface area contributed by atoms with Crippen LogP contribution in [-0.4, -0.2) is 33.7 Å². The molecule has 0 spiro atoms. The molecular formula is C15H17N3O4. The highest BCUT2D eigenvalue weighted by Gasteiger charge is 2.29. The Labute approximate surface area is 126 Å². The number of nitrogens with one attached hydrogen (secondary N) is 1. The molecule has 1 aliphatic rings. The van der Waals surface area contributed by atoms with Gasteiger partial charge in [0.2, 0.25) is 0 Å². The molecule has 0 unspecified atom stereocenters. The number of carboxylic acids is 1. The summed E-state index contributed by atoms with van der Waals surface area (Å²) in [6, 6.07) is 1.74. The molecule has 1 fully saturated rings. The number of carboxylic acid groups (broad SMARTS) is 1. The lowest BCUT2D eigenvalue weighted by molar-refractivity contribution is -0.135. The first-order chi connectivity index (χ1) is 10.5. The minimum atomic E-state index is -1.09. The van der Waals surface area contributed by atoms with Crippen LogP contribution in [-0.2, 0) is 4.79 Å². The van der Waals surface area contributed by atoms with Gasteiger partial charge in [-0.3, -0.25) is 9.59 Å². The van der Waals surface area contributed by atoms with Crippen LogP contribution in [0.15, 0.2) is 10.6 Å². The molecule has 7 nitrogen and oxygen atoms in total. The lowest BCUT2D eigenvalue weighted by Crippen LogP contribution is -2.29. The monoisotopic (exact) mass is 303 g/mol. The highest BCUT2D eigenvalue weighted by atomic mass is 16.5. The maximum Gasteiger partial charge on any atom is 0.322 e. The zero-order valence-electron chi connectivity index (χ0n) is 12.4. The Morgan fingerprint density at radius 3 is 2.77 bits per heavy atom. The summed E-state index contributed by atoms with van der Waals surface area (Å²) >= 11 is 0. The van der Waals surface area contributed by atoms with Crippen molar-refractivity contribution in [1.82, 2.24) is 15.5 Å². The molecule has 1 amide bonds. The van der Waals surface area contributed by atoms with E-state index in [9.17, 15) is 9.59 Å². The first-order valence-electron chi connectivity index (χ1n) is 7.27. The third-order valence-corrected chi connectivity index (χ3v) is 3.68. The Morgan fingerprint density at radius 2 is 2.18 bits per heavy atom. The Kier molecular flexibility index (Phi) is 3.56. The van der Waals surface area contributed by atoms with Crippen molar-refractivity contribution in [3.63, 3.8) is 0 Å². The summed E-state index contributed by atoms with van der Waals surface area (Å²) in [5, 5.41) is 15.7. The SMILES string of the molecule is CC(C)c1noc2nc(C3CC3)cc(C(=O)NCC(=O)O)c12. The topological polar surface area (TPSA) is 105 Å². The van der Waals surface area contributed by atoms with Crippen LogP contribution >= 0.6 is 0 Å². The molecule has 0 aliphatic heterocycles. The van der Waals surface area contributed by atoms with E-state index in [0.29, 0.717) is 28.3 Å². The summed E-state index contributed by atoms with van der Waals surface area (Å²) in [7, 11) is 0. The maximum atomic E-state index is 12.4. The van der Waals surface area contributed by atoms with Crippen molar-refractivity contribution in [1.29, 1.82) is 0 Å². The number of aromatic nitrogens is 2. The van der Waals surface area contributed by atoms with E-state index in [2.05, 4.69) is 15.5 Å². The molecule has 2 aromatic heterocycles. The van der Waals surface area contributed by atoms with Crippen molar-refractivity contribution in [2.24, 2.45) is 0 Å². The Hall–Kier alpha value is -2.44. The van der Waals surface area contributed by atoms with Crippen LogP contribution in [0.4, 0.5) is 0 Å². The number of fused-ring (bicyclic) bond motifs is 1.